The Morgan fingerprint density at radius 2 is 1.37 bits per heavy atom. The van der Waals surface area contributed by atoms with Gasteiger partial charge in [-0.2, -0.15) is 0 Å². The van der Waals surface area contributed by atoms with Crippen molar-refractivity contribution in [3.63, 3.8) is 0 Å². The summed E-state index contributed by atoms with van der Waals surface area (Å²) < 4.78 is 2.92. The molecule has 0 bridgehead atoms. The van der Waals surface area contributed by atoms with Gasteiger partial charge in [0.2, 0.25) is 0 Å². The molecule has 4 nitrogen and oxygen atoms in total. The van der Waals surface area contributed by atoms with Gasteiger partial charge >= 0.3 is 5.69 Å². The van der Waals surface area contributed by atoms with Crippen molar-refractivity contribution < 1.29 is 0 Å². The molecular weight excluding hydrogens is 360 g/mol. The lowest BCUT2D eigenvalue weighted by Gasteiger charge is -2.14. The van der Waals surface area contributed by atoms with E-state index >= 15 is 0 Å². The van der Waals surface area contributed by atoms with Crippen LogP contribution in [-0.4, -0.2) is 9.13 Å². The molecule has 3 aromatic carbocycles. The third-order valence-corrected chi connectivity index (χ3v) is 4.78. The number of benzene rings is 3. The van der Waals surface area contributed by atoms with Crippen molar-refractivity contribution in [3.05, 3.63) is 116 Å². The molecule has 1 aromatic heterocycles. The molecule has 4 aromatic rings. The fourth-order valence-corrected chi connectivity index (χ4v) is 3.46. The first-order valence-corrected chi connectivity index (χ1v) is 9.02. The zero-order valence-electron chi connectivity index (χ0n) is 14.5. The molecule has 27 heavy (non-hydrogen) atoms. The monoisotopic (exact) mass is 376 g/mol. The van der Waals surface area contributed by atoms with Crippen molar-refractivity contribution in [1.29, 1.82) is 0 Å². The summed E-state index contributed by atoms with van der Waals surface area (Å²) in [5.74, 6) is 0. The van der Waals surface area contributed by atoms with E-state index in [1.807, 2.05) is 60.7 Å². The number of aromatic nitrogens is 2. The maximum Gasteiger partial charge on any atom is 0.332 e. The zero-order chi connectivity index (χ0) is 18.8. The Labute approximate surface area is 160 Å². The van der Waals surface area contributed by atoms with Crippen molar-refractivity contribution in [3.8, 4) is 0 Å². The molecule has 0 amide bonds. The Hall–Kier alpha value is -3.11. The van der Waals surface area contributed by atoms with Gasteiger partial charge in [0.05, 0.1) is 24.0 Å². The second-order valence-corrected chi connectivity index (χ2v) is 6.83. The van der Waals surface area contributed by atoms with Crippen LogP contribution in [-0.2, 0) is 13.1 Å². The van der Waals surface area contributed by atoms with Crippen LogP contribution in [0.3, 0.4) is 0 Å². The van der Waals surface area contributed by atoms with Gasteiger partial charge in [0.25, 0.3) is 5.56 Å². The topological polar surface area (TPSA) is 44.0 Å². The van der Waals surface area contributed by atoms with E-state index in [0.29, 0.717) is 22.5 Å². The van der Waals surface area contributed by atoms with Gasteiger partial charge in [0.1, 0.15) is 0 Å². The van der Waals surface area contributed by atoms with Crippen LogP contribution in [0.25, 0.3) is 10.9 Å². The van der Waals surface area contributed by atoms with Crippen molar-refractivity contribution in [2.45, 2.75) is 13.1 Å². The average molecular weight is 377 g/mol. The van der Waals surface area contributed by atoms with E-state index < -0.39 is 0 Å². The largest absolute Gasteiger partial charge is 0.332 e. The van der Waals surface area contributed by atoms with Crippen molar-refractivity contribution in [2.24, 2.45) is 0 Å². The number of nitrogens with zero attached hydrogens (tertiary/aromatic N) is 2. The number of hydrogen-bond donors (Lipinski definition) is 0. The first kappa shape index (κ1) is 17.3. The van der Waals surface area contributed by atoms with Gasteiger partial charge in [-0.05, 0) is 35.4 Å². The summed E-state index contributed by atoms with van der Waals surface area (Å²) in [6, 6.07) is 24.2. The molecule has 0 aliphatic carbocycles. The van der Waals surface area contributed by atoms with Gasteiger partial charge in [0, 0.05) is 5.02 Å². The molecule has 5 heteroatoms. The predicted molar refractivity (Wildman–Crippen MR) is 109 cm³/mol. The molecule has 0 saturated carbocycles. The highest BCUT2D eigenvalue weighted by Gasteiger charge is 2.13. The fraction of sp³-hybridized carbons (Fsp3) is 0.0909. The number of hydrogen-bond acceptors (Lipinski definition) is 2. The SMILES string of the molecule is O=c1c2ccccc2n(Cc2ccccc2)c(=O)n1Cc1cccc(Cl)c1. The lowest BCUT2D eigenvalue weighted by Crippen LogP contribution is -2.40. The van der Waals surface area contributed by atoms with Gasteiger partial charge in [-0.15, -0.1) is 0 Å². The summed E-state index contributed by atoms with van der Waals surface area (Å²) in [6.07, 6.45) is 0. The molecule has 0 unspecified atom stereocenters. The Bertz CT molecular complexity index is 1230. The van der Waals surface area contributed by atoms with E-state index in [2.05, 4.69) is 0 Å². The van der Waals surface area contributed by atoms with Crippen LogP contribution in [0.1, 0.15) is 11.1 Å². The van der Waals surface area contributed by atoms with E-state index in [-0.39, 0.29) is 17.8 Å². The van der Waals surface area contributed by atoms with Crippen LogP contribution in [0.4, 0.5) is 0 Å². The summed E-state index contributed by atoms with van der Waals surface area (Å²) in [5.41, 5.74) is 1.82. The highest BCUT2D eigenvalue weighted by atomic mass is 35.5. The molecule has 0 fully saturated rings. The van der Waals surface area contributed by atoms with Gasteiger partial charge < -0.3 is 0 Å². The molecule has 134 valence electrons. The number of halogens is 1. The fourth-order valence-electron chi connectivity index (χ4n) is 3.25. The number of rotatable bonds is 4. The molecular formula is C22H17ClN2O2. The summed E-state index contributed by atoms with van der Waals surface area (Å²) in [5, 5.41) is 1.10. The van der Waals surface area contributed by atoms with E-state index in [1.165, 1.54) is 4.57 Å². The van der Waals surface area contributed by atoms with E-state index in [0.717, 1.165) is 11.1 Å². The van der Waals surface area contributed by atoms with Crippen LogP contribution in [0, 0.1) is 0 Å². The van der Waals surface area contributed by atoms with Crippen LogP contribution in [0.2, 0.25) is 5.02 Å². The number of para-hydroxylation sites is 1. The average Bonchev–Trinajstić information content (AvgIpc) is 2.69. The van der Waals surface area contributed by atoms with Crippen LogP contribution in [0.5, 0.6) is 0 Å². The molecule has 0 atom stereocenters. The zero-order valence-corrected chi connectivity index (χ0v) is 15.3. The first-order chi connectivity index (χ1) is 13.1. The minimum absolute atomic E-state index is 0.178. The third kappa shape index (κ3) is 3.44. The Kier molecular flexibility index (Phi) is 4.65. The molecule has 0 aliphatic rings. The quantitative estimate of drug-likeness (QED) is 0.542. The normalized spacial score (nSPS) is 11.0. The van der Waals surface area contributed by atoms with Crippen LogP contribution in [0.15, 0.2) is 88.5 Å². The maximum absolute atomic E-state index is 13.2. The molecule has 1 heterocycles. The minimum Gasteiger partial charge on any atom is -0.289 e. The molecule has 4 rings (SSSR count). The number of fused-ring (bicyclic) bond motifs is 1. The summed E-state index contributed by atoms with van der Waals surface area (Å²) in [6.45, 7) is 0.577. The molecule has 0 saturated heterocycles. The highest BCUT2D eigenvalue weighted by molar-refractivity contribution is 6.30. The Balaban J connectivity index is 1.91. The van der Waals surface area contributed by atoms with Gasteiger partial charge in [-0.1, -0.05) is 66.2 Å². The van der Waals surface area contributed by atoms with Gasteiger partial charge in [-0.3, -0.25) is 13.9 Å². The lowest BCUT2D eigenvalue weighted by atomic mass is 10.2. The highest BCUT2D eigenvalue weighted by Crippen LogP contribution is 2.13. The summed E-state index contributed by atoms with van der Waals surface area (Å²) >= 11 is 6.05. The van der Waals surface area contributed by atoms with Crippen molar-refractivity contribution in [2.75, 3.05) is 0 Å². The molecule has 0 N–H and O–H groups in total. The van der Waals surface area contributed by atoms with Crippen LogP contribution < -0.4 is 11.2 Å². The third-order valence-electron chi connectivity index (χ3n) is 4.55. The Morgan fingerprint density at radius 3 is 2.15 bits per heavy atom. The maximum atomic E-state index is 13.2. The summed E-state index contributed by atoms with van der Waals surface area (Å²) in [7, 11) is 0. The first-order valence-electron chi connectivity index (χ1n) is 8.64. The smallest absolute Gasteiger partial charge is 0.289 e. The lowest BCUT2D eigenvalue weighted by molar-refractivity contribution is 0.635. The predicted octanol–water partition coefficient (Wildman–Crippen LogP) is 3.91. The van der Waals surface area contributed by atoms with Gasteiger partial charge in [0.15, 0.2) is 0 Å². The standard InChI is InChI=1S/C22H17ClN2O2/c23-18-10-6-9-17(13-18)15-25-21(26)19-11-4-5-12-20(19)24(22(25)27)14-16-7-2-1-3-8-16/h1-13H,14-15H2. The Morgan fingerprint density at radius 1 is 0.704 bits per heavy atom. The van der Waals surface area contributed by atoms with E-state index in [4.69, 9.17) is 11.6 Å². The van der Waals surface area contributed by atoms with Crippen LogP contribution >= 0.6 is 11.6 Å². The van der Waals surface area contributed by atoms with Gasteiger partial charge in [-0.25, -0.2) is 4.79 Å². The molecule has 0 aliphatic heterocycles. The van der Waals surface area contributed by atoms with E-state index in [1.54, 1.807) is 22.8 Å². The molecule has 0 radical (unpaired) electrons. The second kappa shape index (κ2) is 7.25. The van der Waals surface area contributed by atoms with Crippen molar-refractivity contribution in [1.82, 2.24) is 9.13 Å². The van der Waals surface area contributed by atoms with E-state index in [9.17, 15) is 9.59 Å². The summed E-state index contributed by atoms with van der Waals surface area (Å²) in [4.78, 5) is 26.2. The van der Waals surface area contributed by atoms with Crippen molar-refractivity contribution >= 4 is 22.5 Å². The second-order valence-electron chi connectivity index (χ2n) is 6.39. The molecule has 0 spiro atoms. The minimum atomic E-state index is -0.331.